The third kappa shape index (κ3) is 1.90. The van der Waals surface area contributed by atoms with Crippen LogP contribution in [0.5, 0.6) is 0 Å². The van der Waals surface area contributed by atoms with Crippen LogP contribution in [-0.4, -0.2) is 36.0 Å². The summed E-state index contributed by atoms with van der Waals surface area (Å²) in [5.74, 6) is -0.808. The Hall–Kier alpha value is -0.270. The van der Waals surface area contributed by atoms with Gasteiger partial charge in [0.2, 0.25) is 0 Å². The van der Waals surface area contributed by atoms with Crippen LogP contribution in [0.3, 0.4) is 0 Å². The number of rotatable bonds is 1. The van der Waals surface area contributed by atoms with Crippen molar-refractivity contribution < 1.29 is 18.0 Å². The second kappa shape index (κ2) is 3.23. The Kier molecular flexibility index (Phi) is 2.64. The van der Waals surface area contributed by atoms with Gasteiger partial charge in [0.05, 0.1) is 0 Å². The number of thioether (sulfide) groups is 1. The maximum atomic E-state index is 10.9. The SMILES string of the molecule is O=C1SCCN(S(=O)(=O)Cl)C1=O. The fraction of sp³-hybridized carbons (Fsp3) is 0.500. The lowest BCUT2D eigenvalue weighted by Gasteiger charge is -2.20. The average Bonchev–Trinajstić information content (AvgIpc) is 1.92. The van der Waals surface area contributed by atoms with Gasteiger partial charge in [-0.1, -0.05) is 11.8 Å². The van der Waals surface area contributed by atoms with Gasteiger partial charge in [-0.2, -0.15) is 8.42 Å². The average molecular weight is 230 g/mol. The van der Waals surface area contributed by atoms with Crippen LogP contribution in [0.15, 0.2) is 0 Å². The van der Waals surface area contributed by atoms with E-state index >= 15 is 0 Å². The Balaban J connectivity index is 2.93. The van der Waals surface area contributed by atoms with Crippen LogP contribution in [0.4, 0.5) is 0 Å². The zero-order valence-electron chi connectivity index (χ0n) is 5.69. The predicted octanol–water partition coefficient (Wildman–Crippen LogP) is -0.428. The number of carbonyl (C=O) groups excluding carboxylic acids is 2. The summed E-state index contributed by atoms with van der Waals surface area (Å²) in [4.78, 5) is 21.6. The molecule has 0 bridgehead atoms. The molecule has 1 rings (SSSR count). The van der Waals surface area contributed by atoms with Gasteiger partial charge in [-0.05, 0) is 0 Å². The Morgan fingerprint density at radius 3 is 2.42 bits per heavy atom. The Bertz CT molecular complexity index is 324. The highest BCUT2D eigenvalue weighted by molar-refractivity contribution is 8.16. The maximum Gasteiger partial charge on any atom is 0.324 e. The molecule has 0 aromatic carbocycles. The standard InChI is InChI=1S/C4H4ClNO4S2/c5-12(9,10)6-1-2-11-4(8)3(6)7/h1-2H2. The molecule has 68 valence electrons. The fourth-order valence-electron chi connectivity index (χ4n) is 0.694. The van der Waals surface area contributed by atoms with Crippen molar-refractivity contribution in [1.82, 2.24) is 4.31 Å². The maximum absolute atomic E-state index is 10.9. The Morgan fingerprint density at radius 2 is 2.00 bits per heavy atom. The first-order chi connectivity index (χ1) is 5.43. The van der Waals surface area contributed by atoms with Gasteiger partial charge >= 0.3 is 15.1 Å². The largest absolute Gasteiger partial charge is 0.324 e. The van der Waals surface area contributed by atoms with Crippen molar-refractivity contribution in [1.29, 1.82) is 0 Å². The molecular weight excluding hydrogens is 226 g/mol. The minimum absolute atomic E-state index is 0.0406. The molecule has 0 aliphatic carbocycles. The van der Waals surface area contributed by atoms with Crippen molar-refractivity contribution in [2.45, 2.75) is 0 Å². The van der Waals surface area contributed by atoms with Gasteiger partial charge in [0.1, 0.15) is 0 Å². The third-order valence-corrected chi connectivity index (χ3v) is 3.39. The molecule has 1 aliphatic rings. The molecule has 0 saturated carbocycles. The van der Waals surface area contributed by atoms with Gasteiger partial charge in [-0.15, -0.1) is 0 Å². The Labute approximate surface area is 77.6 Å². The molecule has 8 heteroatoms. The van der Waals surface area contributed by atoms with Crippen molar-refractivity contribution in [2.75, 3.05) is 12.3 Å². The summed E-state index contributed by atoms with van der Waals surface area (Å²) >= 11 is 0.793. The highest BCUT2D eigenvalue weighted by atomic mass is 35.7. The van der Waals surface area contributed by atoms with Crippen LogP contribution >= 0.6 is 22.4 Å². The van der Waals surface area contributed by atoms with E-state index in [0.717, 1.165) is 11.8 Å². The van der Waals surface area contributed by atoms with Crippen molar-refractivity contribution in [2.24, 2.45) is 0 Å². The number of nitrogens with zero attached hydrogens (tertiary/aromatic N) is 1. The molecule has 0 spiro atoms. The van der Waals surface area contributed by atoms with E-state index in [1.165, 1.54) is 0 Å². The van der Waals surface area contributed by atoms with Crippen molar-refractivity contribution in [3.05, 3.63) is 0 Å². The van der Waals surface area contributed by atoms with Crippen molar-refractivity contribution in [3.63, 3.8) is 0 Å². The summed E-state index contributed by atoms with van der Waals surface area (Å²) in [6.45, 7) is -0.0406. The van der Waals surface area contributed by atoms with Gasteiger partial charge in [-0.3, -0.25) is 9.59 Å². The quantitative estimate of drug-likeness (QED) is 0.451. The zero-order chi connectivity index (χ0) is 9.35. The van der Waals surface area contributed by atoms with E-state index in [2.05, 4.69) is 0 Å². The molecule has 0 radical (unpaired) electrons. The minimum Gasteiger partial charge on any atom is -0.276 e. The Morgan fingerprint density at radius 1 is 1.42 bits per heavy atom. The highest BCUT2D eigenvalue weighted by Gasteiger charge is 2.34. The molecule has 0 unspecified atom stereocenters. The molecule has 1 amide bonds. The summed E-state index contributed by atoms with van der Waals surface area (Å²) in [6.07, 6.45) is 0. The van der Waals surface area contributed by atoms with Crippen LogP contribution < -0.4 is 0 Å². The van der Waals surface area contributed by atoms with E-state index in [4.69, 9.17) is 10.7 Å². The lowest BCUT2D eigenvalue weighted by molar-refractivity contribution is -0.137. The van der Waals surface area contributed by atoms with Crippen LogP contribution in [0, 0.1) is 0 Å². The van der Waals surface area contributed by atoms with E-state index in [-0.39, 0.29) is 12.3 Å². The number of amides is 1. The summed E-state index contributed by atoms with van der Waals surface area (Å²) in [6, 6.07) is 0. The molecule has 5 nitrogen and oxygen atoms in total. The second-order valence-corrected chi connectivity index (χ2v) is 5.46. The number of halogens is 1. The van der Waals surface area contributed by atoms with E-state index < -0.39 is 20.3 Å². The number of hydrogen-bond donors (Lipinski definition) is 0. The second-order valence-electron chi connectivity index (χ2n) is 1.96. The minimum atomic E-state index is -4.09. The molecule has 0 aromatic heterocycles. The van der Waals surface area contributed by atoms with E-state index in [1.807, 2.05) is 0 Å². The lowest BCUT2D eigenvalue weighted by atomic mass is 10.6. The van der Waals surface area contributed by atoms with E-state index in [0.29, 0.717) is 4.31 Å². The van der Waals surface area contributed by atoms with Gasteiger partial charge < -0.3 is 0 Å². The first-order valence-electron chi connectivity index (χ1n) is 2.86. The normalized spacial score (nSPS) is 19.9. The molecule has 1 fully saturated rings. The number of carbonyl (C=O) groups is 2. The van der Waals surface area contributed by atoms with Crippen molar-refractivity contribution >= 4 is 42.7 Å². The number of hydrogen-bond acceptors (Lipinski definition) is 5. The van der Waals surface area contributed by atoms with Crippen LogP contribution in [0.25, 0.3) is 0 Å². The van der Waals surface area contributed by atoms with E-state index in [9.17, 15) is 18.0 Å². The van der Waals surface area contributed by atoms with Crippen LogP contribution in [0.1, 0.15) is 0 Å². The first-order valence-corrected chi connectivity index (χ1v) is 6.11. The van der Waals surface area contributed by atoms with Gasteiger partial charge in [0.25, 0.3) is 5.12 Å². The van der Waals surface area contributed by atoms with Crippen LogP contribution in [-0.2, 0) is 18.8 Å². The summed E-state index contributed by atoms with van der Waals surface area (Å²) in [5, 5.41) is -0.787. The topological polar surface area (TPSA) is 71.5 Å². The molecule has 12 heavy (non-hydrogen) atoms. The molecule has 0 N–H and O–H groups in total. The molecule has 1 heterocycles. The first kappa shape index (κ1) is 9.82. The monoisotopic (exact) mass is 229 g/mol. The van der Waals surface area contributed by atoms with Gasteiger partial charge in [0.15, 0.2) is 0 Å². The molecule has 1 aliphatic heterocycles. The predicted molar refractivity (Wildman–Crippen MR) is 44.0 cm³/mol. The van der Waals surface area contributed by atoms with Crippen molar-refractivity contribution in [3.8, 4) is 0 Å². The lowest BCUT2D eigenvalue weighted by Crippen LogP contribution is -2.42. The zero-order valence-corrected chi connectivity index (χ0v) is 8.08. The fourth-order valence-corrected chi connectivity index (χ4v) is 2.55. The van der Waals surface area contributed by atoms with Crippen LogP contribution in [0.2, 0.25) is 0 Å². The van der Waals surface area contributed by atoms with E-state index in [1.54, 1.807) is 0 Å². The summed E-state index contributed by atoms with van der Waals surface area (Å²) in [7, 11) is 0.802. The molecule has 0 aromatic rings. The molecule has 0 atom stereocenters. The smallest absolute Gasteiger partial charge is 0.276 e. The summed E-state index contributed by atoms with van der Waals surface area (Å²) in [5.41, 5.74) is 0. The van der Waals surface area contributed by atoms with Gasteiger partial charge in [-0.25, -0.2) is 4.31 Å². The summed E-state index contributed by atoms with van der Waals surface area (Å²) < 4.78 is 21.7. The van der Waals surface area contributed by atoms with Gasteiger partial charge in [0, 0.05) is 23.0 Å². The molecular formula is C4H4ClNO4S2. The third-order valence-electron chi connectivity index (χ3n) is 1.19. The molecule has 1 saturated heterocycles. The highest BCUT2D eigenvalue weighted by Crippen LogP contribution is 2.17.